The van der Waals surface area contributed by atoms with Gasteiger partial charge < -0.3 is 15.8 Å². The van der Waals surface area contributed by atoms with Gasteiger partial charge in [0, 0.05) is 25.3 Å². The van der Waals surface area contributed by atoms with Crippen molar-refractivity contribution in [3.8, 4) is 0 Å². The van der Waals surface area contributed by atoms with Crippen LogP contribution in [0, 0.1) is 22.9 Å². The summed E-state index contributed by atoms with van der Waals surface area (Å²) in [7, 11) is 0. The van der Waals surface area contributed by atoms with Crippen LogP contribution in [0.4, 0.5) is 18.9 Å². The summed E-state index contributed by atoms with van der Waals surface area (Å²) < 4.78 is 45.2. The second-order valence-corrected chi connectivity index (χ2v) is 5.20. The summed E-state index contributed by atoms with van der Waals surface area (Å²) >= 11 is 4.92. The Labute approximate surface area is 124 Å². The molecule has 8 heteroatoms. The summed E-state index contributed by atoms with van der Waals surface area (Å²) in [4.78, 5) is 12.3. The van der Waals surface area contributed by atoms with Gasteiger partial charge in [-0.15, -0.1) is 0 Å². The average molecular weight is 318 g/mol. The third-order valence-electron chi connectivity index (χ3n) is 3.50. The number of nitrogens with one attached hydrogen (secondary N) is 1. The molecule has 2 rings (SSSR count). The SMILES string of the molecule is NC(=S)C1(C(=O)Nc2c(F)cc(F)cc2F)CCOCC1. The number of carbonyl (C=O) groups is 1. The summed E-state index contributed by atoms with van der Waals surface area (Å²) in [5.74, 6) is -4.20. The molecule has 1 heterocycles. The molecule has 3 N–H and O–H groups in total. The molecule has 0 unspecified atom stereocenters. The molecule has 1 aromatic rings. The molecule has 4 nitrogen and oxygen atoms in total. The van der Waals surface area contributed by atoms with Crippen LogP contribution in [0.25, 0.3) is 0 Å². The first-order chi connectivity index (χ1) is 9.86. The summed E-state index contributed by atoms with van der Waals surface area (Å²) in [5.41, 5.74) is 3.68. The highest BCUT2D eigenvalue weighted by molar-refractivity contribution is 7.80. The van der Waals surface area contributed by atoms with Gasteiger partial charge in [-0.3, -0.25) is 4.79 Å². The third kappa shape index (κ3) is 3.01. The predicted molar refractivity (Wildman–Crippen MR) is 74.2 cm³/mol. The van der Waals surface area contributed by atoms with E-state index in [1.807, 2.05) is 0 Å². The number of benzene rings is 1. The maximum absolute atomic E-state index is 13.6. The minimum absolute atomic E-state index is 0.0637. The Morgan fingerprint density at radius 2 is 1.76 bits per heavy atom. The fourth-order valence-electron chi connectivity index (χ4n) is 2.20. The number of hydrogen-bond acceptors (Lipinski definition) is 3. The van der Waals surface area contributed by atoms with Crippen molar-refractivity contribution in [2.75, 3.05) is 18.5 Å². The van der Waals surface area contributed by atoms with E-state index in [0.717, 1.165) is 0 Å². The fourth-order valence-corrected chi connectivity index (χ4v) is 2.50. The smallest absolute Gasteiger partial charge is 0.237 e. The first-order valence-electron chi connectivity index (χ1n) is 6.20. The average Bonchev–Trinajstić information content (AvgIpc) is 2.43. The number of carbonyl (C=O) groups excluding carboxylic acids is 1. The van der Waals surface area contributed by atoms with Gasteiger partial charge in [-0.25, -0.2) is 13.2 Å². The molecule has 1 saturated heterocycles. The van der Waals surface area contributed by atoms with E-state index in [4.69, 9.17) is 22.7 Å². The van der Waals surface area contributed by atoms with Crippen LogP contribution in [0.15, 0.2) is 12.1 Å². The van der Waals surface area contributed by atoms with Gasteiger partial charge in [-0.05, 0) is 12.8 Å². The number of ether oxygens (including phenoxy) is 1. The van der Waals surface area contributed by atoms with Gasteiger partial charge in [0.15, 0.2) is 11.6 Å². The quantitative estimate of drug-likeness (QED) is 0.838. The lowest BCUT2D eigenvalue weighted by atomic mass is 9.79. The first-order valence-corrected chi connectivity index (χ1v) is 6.61. The van der Waals surface area contributed by atoms with Crippen molar-refractivity contribution < 1.29 is 22.7 Å². The van der Waals surface area contributed by atoms with Crippen molar-refractivity contribution >= 4 is 28.8 Å². The molecule has 1 amide bonds. The van der Waals surface area contributed by atoms with E-state index in [1.54, 1.807) is 0 Å². The van der Waals surface area contributed by atoms with Crippen molar-refractivity contribution in [1.82, 2.24) is 0 Å². The molecule has 21 heavy (non-hydrogen) atoms. The minimum Gasteiger partial charge on any atom is -0.392 e. The maximum atomic E-state index is 13.6. The molecule has 0 aliphatic carbocycles. The van der Waals surface area contributed by atoms with E-state index >= 15 is 0 Å². The van der Waals surface area contributed by atoms with Crippen LogP contribution >= 0.6 is 12.2 Å². The van der Waals surface area contributed by atoms with Crippen LogP contribution in [0.5, 0.6) is 0 Å². The zero-order valence-corrected chi connectivity index (χ0v) is 11.7. The number of nitrogens with two attached hydrogens (primary N) is 1. The number of rotatable bonds is 3. The van der Waals surface area contributed by atoms with Crippen LogP contribution in [-0.2, 0) is 9.53 Å². The van der Waals surface area contributed by atoms with E-state index in [9.17, 15) is 18.0 Å². The van der Waals surface area contributed by atoms with Crippen LogP contribution in [0.2, 0.25) is 0 Å². The third-order valence-corrected chi connectivity index (χ3v) is 3.89. The topological polar surface area (TPSA) is 64.4 Å². The normalized spacial score (nSPS) is 17.3. The van der Waals surface area contributed by atoms with Crippen molar-refractivity contribution in [3.05, 3.63) is 29.6 Å². The number of halogens is 3. The molecule has 0 saturated carbocycles. The number of anilines is 1. The van der Waals surface area contributed by atoms with Gasteiger partial charge in [0.25, 0.3) is 0 Å². The van der Waals surface area contributed by atoms with E-state index in [2.05, 4.69) is 5.32 Å². The number of hydrogen-bond donors (Lipinski definition) is 2. The highest BCUT2D eigenvalue weighted by Crippen LogP contribution is 2.33. The van der Waals surface area contributed by atoms with E-state index in [-0.39, 0.29) is 31.0 Å². The lowest BCUT2D eigenvalue weighted by Gasteiger charge is -2.34. The standard InChI is InChI=1S/C13H13F3N2O2S/c14-7-5-8(15)10(9(16)6-7)18-12(19)13(11(17)21)1-3-20-4-2-13/h5-6H,1-4H2,(H2,17,21)(H,18,19). The molecule has 1 aliphatic rings. The molecule has 1 fully saturated rings. The zero-order chi connectivity index (χ0) is 15.6. The number of thiocarbonyl (C=S) groups is 1. The largest absolute Gasteiger partial charge is 0.392 e. The Hall–Kier alpha value is -1.67. The Kier molecular flexibility index (Phi) is 4.48. The van der Waals surface area contributed by atoms with Crippen LogP contribution in [0.3, 0.4) is 0 Å². The van der Waals surface area contributed by atoms with Crippen LogP contribution in [0.1, 0.15) is 12.8 Å². The highest BCUT2D eigenvalue weighted by Gasteiger charge is 2.43. The first kappa shape index (κ1) is 15.7. The van der Waals surface area contributed by atoms with Gasteiger partial charge in [-0.1, -0.05) is 12.2 Å². The van der Waals surface area contributed by atoms with Gasteiger partial charge in [0.1, 0.15) is 16.9 Å². The molecular weight excluding hydrogens is 305 g/mol. The Morgan fingerprint density at radius 1 is 1.24 bits per heavy atom. The lowest BCUT2D eigenvalue weighted by molar-refractivity contribution is -0.126. The predicted octanol–water partition coefficient (Wildman–Crippen LogP) is 2.13. The lowest BCUT2D eigenvalue weighted by Crippen LogP contribution is -2.49. The van der Waals surface area contributed by atoms with Crippen molar-refractivity contribution in [2.45, 2.75) is 12.8 Å². The van der Waals surface area contributed by atoms with Gasteiger partial charge in [-0.2, -0.15) is 0 Å². The molecule has 0 radical (unpaired) electrons. The molecule has 0 spiro atoms. The van der Waals surface area contributed by atoms with Crippen molar-refractivity contribution in [2.24, 2.45) is 11.1 Å². The molecular formula is C13H13F3N2O2S. The molecule has 0 aromatic heterocycles. The summed E-state index contributed by atoms with van der Waals surface area (Å²) in [6, 6.07) is 0.965. The van der Waals surface area contributed by atoms with Gasteiger partial charge in [0.05, 0.1) is 4.99 Å². The molecule has 1 aromatic carbocycles. The number of amides is 1. The van der Waals surface area contributed by atoms with Crippen LogP contribution < -0.4 is 11.1 Å². The molecule has 0 bridgehead atoms. The van der Waals surface area contributed by atoms with Crippen molar-refractivity contribution in [1.29, 1.82) is 0 Å². The Balaban J connectivity index is 2.30. The van der Waals surface area contributed by atoms with Gasteiger partial charge >= 0.3 is 0 Å². The summed E-state index contributed by atoms with van der Waals surface area (Å²) in [6.45, 7) is 0.526. The fraction of sp³-hybridized carbons (Fsp3) is 0.385. The molecule has 114 valence electrons. The van der Waals surface area contributed by atoms with E-state index < -0.39 is 34.5 Å². The van der Waals surface area contributed by atoms with E-state index in [1.165, 1.54) is 0 Å². The van der Waals surface area contributed by atoms with Crippen LogP contribution in [-0.4, -0.2) is 24.1 Å². The Bertz CT molecular complexity index is 566. The van der Waals surface area contributed by atoms with Crippen molar-refractivity contribution in [3.63, 3.8) is 0 Å². The monoisotopic (exact) mass is 318 g/mol. The molecule has 1 aliphatic heterocycles. The summed E-state index contributed by atoms with van der Waals surface area (Å²) in [5, 5.41) is 2.12. The second-order valence-electron chi connectivity index (χ2n) is 4.76. The minimum atomic E-state index is -1.22. The van der Waals surface area contributed by atoms with E-state index in [0.29, 0.717) is 12.1 Å². The second kappa shape index (κ2) is 5.98. The van der Waals surface area contributed by atoms with Gasteiger partial charge in [0.2, 0.25) is 5.91 Å². The Morgan fingerprint density at radius 3 is 2.24 bits per heavy atom. The maximum Gasteiger partial charge on any atom is 0.237 e. The molecule has 0 atom stereocenters. The summed E-state index contributed by atoms with van der Waals surface area (Å²) in [6.07, 6.45) is 0.442. The zero-order valence-electron chi connectivity index (χ0n) is 10.9. The highest BCUT2D eigenvalue weighted by atomic mass is 32.1.